The van der Waals surface area contributed by atoms with Crippen LogP contribution in [0, 0.1) is 0 Å². The summed E-state index contributed by atoms with van der Waals surface area (Å²) in [6.45, 7) is 2.04. The molecular weight excluding hydrogens is 242 g/mol. The van der Waals surface area contributed by atoms with E-state index in [0.717, 1.165) is 15.7 Å². The highest BCUT2D eigenvalue weighted by Crippen LogP contribution is 2.36. The molecule has 2 rings (SSSR count). The first-order valence-electron chi connectivity index (χ1n) is 4.77. The number of nitrogen functional groups attached to an aromatic ring is 1. The number of rotatable bonds is 4. The number of nitrogens with one attached hydrogen (secondary N) is 2. The minimum Gasteiger partial charge on any atom is -0.382 e. The lowest BCUT2D eigenvalue weighted by Gasteiger charge is -2.11. The second kappa shape index (κ2) is 4.75. The fraction of sp³-hybridized carbons (Fsp3) is 0.333. The lowest BCUT2D eigenvalue weighted by molar-refractivity contribution is 0.811. The number of aromatic amines is 1. The van der Waals surface area contributed by atoms with Crippen LogP contribution in [-0.4, -0.2) is 20.6 Å². The van der Waals surface area contributed by atoms with Crippen LogP contribution >= 0.6 is 23.3 Å². The first kappa shape index (κ1) is 11.3. The van der Waals surface area contributed by atoms with E-state index in [1.807, 2.05) is 19.4 Å². The highest BCUT2D eigenvalue weighted by atomic mass is 32.2. The third kappa shape index (κ3) is 2.14. The van der Waals surface area contributed by atoms with Crippen molar-refractivity contribution >= 4 is 34.1 Å². The van der Waals surface area contributed by atoms with Gasteiger partial charge in [-0.1, -0.05) is 0 Å². The molecule has 5 nitrogen and oxygen atoms in total. The van der Waals surface area contributed by atoms with Crippen molar-refractivity contribution in [3.05, 3.63) is 18.2 Å². The van der Waals surface area contributed by atoms with Crippen LogP contribution in [0.3, 0.4) is 0 Å². The Hall–Kier alpha value is -1.21. The number of aromatic nitrogens is 3. The minimum absolute atomic E-state index is 0.112. The third-order valence-corrected chi connectivity index (χ3v) is 3.90. The maximum absolute atomic E-state index is 5.76. The average Bonchev–Trinajstić information content (AvgIpc) is 2.88. The largest absolute Gasteiger partial charge is 0.382 e. The molecule has 0 aromatic carbocycles. The van der Waals surface area contributed by atoms with Crippen LogP contribution in [0.4, 0.5) is 10.8 Å². The standard InChI is InChI=1S/C9H13N5S2/c1-5(8-11-3-4-12-8)13-9-6(15-2)7(10)14-16-9/h3-5,13H,1-2H3,(H2,10,14)(H,11,12). The van der Waals surface area contributed by atoms with Gasteiger partial charge in [0.1, 0.15) is 10.8 Å². The lowest BCUT2D eigenvalue weighted by Crippen LogP contribution is -2.07. The molecule has 1 atom stereocenters. The second-order valence-electron chi connectivity index (χ2n) is 3.27. The number of imidazole rings is 1. The van der Waals surface area contributed by atoms with E-state index in [1.165, 1.54) is 11.5 Å². The van der Waals surface area contributed by atoms with Gasteiger partial charge in [-0.2, -0.15) is 4.37 Å². The first-order chi connectivity index (χ1) is 7.72. The summed E-state index contributed by atoms with van der Waals surface area (Å²) >= 11 is 2.98. The van der Waals surface area contributed by atoms with Gasteiger partial charge in [-0.3, -0.25) is 0 Å². The molecule has 0 saturated carbocycles. The van der Waals surface area contributed by atoms with Gasteiger partial charge in [0.25, 0.3) is 0 Å². The van der Waals surface area contributed by atoms with E-state index in [9.17, 15) is 0 Å². The van der Waals surface area contributed by atoms with Gasteiger partial charge in [0.05, 0.1) is 10.9 Å². The van der Waals surface area contributed by atoms with Crippen LogP contribution in [0.1, 0.15) is 18.8 Å². The van der Waals surface area contributed by atoms with E-state index in [2.05, 4.69) is 19.7 Å². The predicted molar refractivity (Wildman–Crippen MR) is 68.9 cm³/mol. The Morgan fingerprint density at radius 3 is 3.06 bits per heavy atom. The highest BCUT2D eigenvalue weighted by molar-refractivity contribution is 7.99. The Kier molecular flexibility index (Phi) is 3.35. The van der Waals surface area contributed by atoms with Gasteiger partial charge in [0, 0.05) is 12.4 Å². The molecule has 0 saturated heterocycles. The number of thioether (sulfide) groups is 1. The van der Waals surface area contributed by atoms with Crippen molar-refractivity contribution < 1.29 is 0 Å². The summed E-state index contributed by atoms with van der Waals surface area (Å²) in [7, 11) is 0. The average molecular weight is 255 g/mol. The molecular formula is C9H13N5S2. The summed E-state index contributed by atoms with van der Waals surface area (Å²) in [5, 5.41) is 4.34. The summed E-state index contributed by atoms with van der Waals surface area (Å²) in [6, 6.07) is 0.112. The zero-order chi connectivity index (χ0) is 11.5. The van der Waals surface area contributed by atoms with Crippen LogP contribution < -0.4 is 11.1 Å². The van der Waals surface area contributed by atoms with Crippen molar-refractivity contribution in [3.63, 3.8) is 0 Å². The van der Waals surface area contributed by atoms with E-state index < -0.39 is 0 Å². The van der Waals surface area contributed by atoms with E-state index in [1.54, 1.807) is 18.0 Å². The minimum atomic E-state index is 0.112. The number of H-pyrrole nitrogens is 1. The van der Waals surface area contributed by atoms with Crippen molar-refractivity contribution in [2.75, 3.05) is 17.3 Å². The molecule has 0 bridgehead atoms. The maximum Gasteiger partial charge on any atom is 0.153 e. The van der Waals surface area contributed by atoms with Crippen LogP contribution in [-0.2, 0) is 0 Å². The van der Waals surface area contributed by atoms with E-state index in [-0.39, 0.29) is 6.04 Å². The quantitative estimate of drug-likeness (QED) is 0.731. The summed E-state index contributed by atoms with van der Waals surface area (Å²) in [5.74, 6) is 1.49. The zero-order valence-electron chi connectivity index (χ0n) is 9.02. The van der Waals surface area contributed by atoms with Crippen molar-refractivity contribution in [3.8, 4) is 0 Å². The number of nitrogens with zero attached hydrogens (tertiary/aromatic N) is 2. The van der Waals surface area contributed by atoms with Crippen molar-refractivity contribution in [2.24, 2.45) is 0 Å². The molecule has 0 aliphatic rings. The van der Waals surface area contributed by atoms with Crippen molar-refractivity contribution in [1.29, 1.82) is 0 Å². The van der Waals surface area contributed by atoms with Crippen LogP contribution in [0.5, 0.6) is 0 Å². The number of anilines is 2. The summed E-state index contributed by atoms with van der Waals surface area (Å²) in [5.41, 5.74) is 5.76. The van der Waals surface area contributed by atoms with Crippen LogP contribution in [0.25, 0.3) is 0 Å². The first-order valence-corrected chi connectivity index (χ1v) is 6.77. The lowest BCUT2D eigenvalue weighted by atomic mass is 10.3. The van der Waals surface area contributed by atoms with Gasteiger partial charge < -0.3 is 16.0 Å². The molecule has 1 unspecified atom stereocenters. The molecule has 7 heteroatoms. The summed E-state index contributed by atoms with van der Waals surface area (Å²) < 4.78 is 4.13. The van der Waals surface area contributed by atoms with Crippen molar-refractivity contribution in [1.82, 2.24) is 14.3 Å². The molecule has 0 fully saturated rings. The zero-order valence-corrected chi connectivity index (χ0v) is 10.7. The Bertz CT molecular complexity index is 450. The van der Waals surface area contributed by atoms with Gasteiger partial charge in [-0.15, -0.1) is 11.8 Å². The normalized spacial score (nSPS) is 12.6. The summed E-state index contributed by atoms with van der Waals surface area (Å²) in [6.07, 6.45) is 5.54. The maximum atomic E-state index is 5.76. The molecule has 0 radical (unpaired) electrons. The molecule has 0 aliphatic carbocycles. The third-order valence-electron chi connectivity index (χ3n) is 2.16. The SMILES string of the molecule is CSc1c(N)nsc1NC(C)c1ncc[nH]1. The van der Waals surface area contributed by atoms with Crippen LogP contribution in [0.15, 0.2) is 17.3 Å². The number of hydrogen-bond donors (Lipinski definition) is 3. The molecule has 4 N–H and O–H groups in total. The van der Waals surface area contributed by atoms with Gasteiger partial charge in [0.2, 0.25) is 0 Å². The molecule has 2 aromatic heterocycles. The molecule has 0 amide bonds. The molecule has 2 aromatic rings. The Morgan fingerprint density at radius 2 is 2.44 bits per heavy atom. The molecule has 86 valence electrons. The van der Waals surface area contributed by atoms with Gasteiger partial charge >= 0.3 is 0 Å². The molecule has 0 aliphatic heterocycles. The van der Waals surface area contributed by atoms with Crippen LogP contribution in [0.2, 0.25) is 0 Å². The highest BCUT2D eigenvalue weighted by Gasteiger charge is 2.14. The monoisotopic (exact) mass is 255 g/mol. The van der Waals surface area contributed by atoms with Crippen molar-refractivity contribution in [2.45, 2.75) is 17.9 Å². The van der Waals surface area contributed by atoms with Gasteiger partial charge in [-0.25, -0.2) is 4.98 Å². The predicted octanol–water partition coefficient (Wildman–Crippen LogP) is 2.34. The van der Waals surface area contributed by atoms with Gasteiger partial charge in [0.15, 0.2) is 5.82 Å². The number of nitrogens with two attached hydrogens (primary N) is 1. The van der Waals surface area contributed by atoms with Gasteiger partial charge in [-0.05, 0) is 24.7 Å². The topological polar surface area (TPSA) is 79.6 Å². The fourth-order valence-corrected chi connectivity index (χ4v) is 2.98. The van der Waals surface area contributed by atoms with E-state index in [4.69, 9.17) is 5.73 Å². The second-order valence-corrected chi connectivity index (χ2v) is 4.86. The smallest absolute Gasteiger partial charge is 0.153 e. The Balaban J connectivity index is 2.15. The molecule has 0 spiro atoms. The van der Waals surface area contributed by atoms with E-state index in [0.29, 0.717) is 5.82 Å². The fourth-order valence-electron chi connectivity index (χ4n) is 1.36. The van der Waals surface area contributed by atoms with E-state index >= 15 is 0 Å². The molecule has 2 heterocycles. The Labute approximate surface area is 102 Å². The molecule has 16 heavy (non-hydrogen) atoms. The summed E-state index contributed by atoms with van der Waals surface area (Å²) in [4.78, 5) is 8.28. The number of hydrogen-bond acceptors (Lipinski definition) is 6. The Morgan fingerprint density at radius 1 is 1.62 bits per heavy atom.